The number of nitrogens with one attached hydrogen (secondary N) is 1. The highest BCUT2D eigenvalue weighted by Gasteiger charge is 2.68. The summed E-state index contributed by atoms with van der Waals surface area (Å²) in [4.78, 5) is 25.7. The standard InChI is InChI=1S/C31H43NO3/c1-8-31-16-14-29(5)21-17-22(33)25(34)19(2)20(21)9-10-23(29)30(31,6)15-13-27(3)11-12-28(4,18-24(27)31)26(35)32-7/h9-10,17,24,34H,8,11-16,18H2,1-7H3,(H,32,35)/t24-,27-,28-,29+,30-,31+/m1/s1. The van der Waals surface area contributed by atoms with Crippen molar-refractivity contribution in [2.45, 2.75) is 92.9 Å². The van der Waals surface area contributed by atoms with Crippen molar-refractivity contribution in [3.63, 3.8) is 0 Å². The fourth-order valence-electron chi connectivity index (χ4n) is 9.53. The fourth-order valence-corrected chi connectivity index (χ4v) is 9.53. The van der Waals surface area contributed by atoms with Gasteiger partial charge in [0.2, 0.25) is 11.7 Å². The third kappa shape index (κ3) is 2.92. The lowest BCUT2D eigenvalue weighted by atomic mass is 9.33. The number of rotatable bonds is 2. The predicted molar refractivity (Wildman–Crippen MR) is 140 cm³/mol. The van der Waals surface area contributed by atoms with E-state index < -0.39 is 0 Å². The molecule has 0 spiro atoms. The molecular weight excluding hydrogens is 434 g/mol. The monoisotopic (exact) mass is 477 g/mol. The first-order chi connectivity index (χ1) is 16.3. The molecule has 4 heteroatoms. The molecule has 1 amide bonds. The number of hydrogen-bond acceptors (Lipinski definition) is 3. The van der Waals surface area contributed by atoms with Crippen molar-refractivity contribution in [1.29, 1.82) is 0 Å². The quantitative estimate of drug-likeness (QED) is 0.462. The number of carbonyl (C=O) groups is 2. The summed E-state index contributed by atoms with van der Waals surface area (Å²) in [5, 5.41) is 13.3. The highest BCUT2D eigenvalue weighted by molar-refractivity contribution is 6.06. The van der Waals surface area contributed by atoms with Gasteiger partial charge in [-0.05, 0) is 97.7 Å². The van der Waals surface area contributed by atoms with E-state index in [9.17, 15) is 14.7 Å². The minimum Gasteiger partial charge on any atom is -0.504 e. The van der Waals surface area contributed by atoms with Crippen molar-refractivity contribution in [3.8, 4) is 0 Å². The van der Waals surface area contributed by atoms with Crippen LogP contribution in [0.1, 0.15) is 92.9 Å². The molecule has 0 bridgehead atoms. The van der Waals surface area contributed by atoms with E-state index in [1.165, 1.54) is 12.0 Å². The minimum atomic E-state index is -0.314. The molecule has 0 radical (unpaired) electrons. The lowest BCUT2D eigenvalue weighted by Crippen LogP contribution is -2.63. The fraction of sp³-hybridized carbons (Fsp3) is 0.677. The van der Waals surface area contributed by atoms with E-state index in [1.807, 2.05) is 6.92 Å². The number of fused-ring (bicyclic) bond motifs is 7. The third-order valence-corrected chi connectivity index (χ3v) is 11.9. The molecule has 0 saturated heterocycles. The average molecular weight is 478 g/mol. The van der Waals surface area contributed by atoms with Crippen LogP contribution in [0.3, 0.4) is 0 Å². The highest BCUT2D eigenvalue weighted by atomic mass is 16.3. The average Bonchev–Trinajstić information content (AvgIpc) is 2.83. The van der Waals surface area contributed by atoms with Crippen molar-refractivity contribution in [2.24, 2.45) is 33.0 Å². The molecule has 3 fully saturated rings. The Morgan fingerprint density at radius 2 is 1.74 bits per heavy atom. The first-order valence-corrected chi connectivity index (χ1v) is 13.6. The lowest BCUT2D eigenvalue weighted by molar-refractivity contribution is -0.177. The van der Waals surface area contributed by atoms with Crippen LogP contribution in [0.15, 0.2) is 46.3 Å². The number of allylic oxidation sites excluding steroid dienone is 7. The van der Waals surface area contributed by atoms with Gasteiger partial charge in [0.15, 0.2) is 5.76 Å². The summed E-state index contributed by atoms with van der Waals surface area (Å²) in [5.74, 6) is 0.295. The molecule has 6 atom stereocenters. The smallest absolute Gasteiger partial charge is 0.225 e. The van der Waals surface area contributed by atoms with E-state index in [-0.39, 0.29) is 44.5 Å². The van der Waals surface area contributed by atoms with E-state index in [4.69, 9.17) is 0 Å². The molecule has 0 unspecified atom stereocenters. The molecule has 5 aliphatic carbocycles. The Bertz CT molecular complexity index is 1140. The molecule has 35 heavy (non-hydrogen) atoms. The molecule has 3 saturated carbocycles. The van der Waals surface area contributed by atoms with Crippen molar-refractivity contribution in [1.82, 2.24) is 5.32 Å². The summed E-state index contributed by atoms with van der Waals surface area (Å²) < 4.78 is 0. The van der Waals surface area contributed by atoms with Crippen LogP contribution in [0.4, 0.5) is 0 Å². The first kappa shape index (κ1) is 24.6. The normalized spacial score (nSPS) is 44.7. The van der Waals surface area contributed by atoms with Crippen LogP contribution < -0.4 is 5.32 Å². The van der Waals surface area contributed by atoms with Crippen LogP contribution in [0.2, 0.25) is 0 Å². The van der Waals surface area contributed by atoms with Crippen LogP contribution in [0, 0.1) is 33.0 Å². The second-order valence-corrected chi connectivity index (χ2v) is 13.3. The molecule has 4 nitrogen and oxygen atoms in total. The summed E-state index contributed by atoms with van der Waals surface area (Å²) in [6, 6.07) is 0. The number of aliphatic hydroxyl groups is 1. The van der Waals surface area contributed by atoms with Crippen LogP contribution in [0.25, 0.3) is 0 Å². The van der Waals surface area contributed by atoms with Gasteiger partial charge in [0.05, 0.1) is 0 Å². The minimum absolute atomic E-state index is 0.00287. The number of amides is 1. The number of ketones is 1. The van der Waals surface area contributed by atoms with Gasteiger partial charge in [-0.25, -0.2) is 0 Å². The second kappa shape index (κ2) is 7.46. The Labute approximate surface area is 211 Å². The Balaban J connectivity index is 1.66. The molecular formula is C31H43NO3. The summed E-state index contributed by atoms with van der Waals surface area (Å²) >= 11 is 0. The third-order valence-electron chi connectivity index (χ3n) is 11.9. The van der Waals surface area contributed by atoms with Crippen molar-refractivity contribution < 1.29 is 14.7 Å². The van der Waals surface area contributed by atoms with Gasteiger partial charge in [-0.2, -0.15) is 0 Å². The first-order valence-electron chi connectivity index (χ1n) is 13.6. The SMILES string of the molecule is CC[C@@]12CC[C@@]3(C)C4=CC(=O)C(O)=C(C)C4=CC=C3[C@@]1(C)CC[C@@]1(C)CC[C@@](C)(C(=O)NC)C[C@H]12. The zero-order chi connectivity index (χ0) is 25.6. The number of aliphatic hydroxyl groups excluding tert-OH is 1. The van der Waals surface area contributed by atoms with E-state index >= 15 is 0 Å². The molecule has 5 aliphatic rings. The summed E-state index contributed by atoms with van der Waals surface area (Å²) in [6.45, 7) is 13.7. The highest BCUT2D eigenvalue weighted by Crippen LogP contribution is 2.76. The van der Waals surface area contributed by atoms with E-state index in [1.54, 1.807) is 13.1 Å². The molecule has 0 aromatic heterocycles. The van der Waals surface area contributed by atoms with Gasteiger partial charge >= 0.3 is 0 Å². The maximum absolute atomic E-state index is 13.0. The zero-order valence-electron chi connectivity index (χ0n) is 22.7. The molecule has 190 valence electrons. The zero-order valence-corrected chi connectivity index (χ0v) is 22.7. The number of hydrogen-bond donors (Lipinski definition) is 2. The molecule has 0 aliphatic heterocycles. The van der Waals surface area contributed by atoms with Gasteiger partial charge < -0.3 is 10.4 Å². The Hall–Kier alpha value is -2.10. The van der Waals surface area contributed by atoms with E-state index in [0.29, 0.717) is 11.5 Å². The number of carbonyl (C=O) groups excluding carboxylic acids is 2. The Kier molecular flexibility index (Phi) is 5.24. The largest absolute Gasteiger partial charge is 0.504 e. The molecule has 0 aromatic rings. The van der Waals surface area contributed by atoms with Crippen LogP contribution >= 0.6 is 0 Å². The van der Waals surface area contributed by atoms with Crippen molar-refractivity contribution in [3.05, 3.63) is 46.3 Å². The van der Waals surface area contributed by atoms with Gasteiger partial charge in [-0.1, -0.05) is 52.3 Å². The predicted octanol–water partition coefficient (Wildman–Crippen LogP) is 6.75. The van der Waals surface area contributed by atoms with Gasteiger partial charge in [-0.3, -0.25) is 9.59 Å². The van der Waals surface area contributed by atoms with Crippen LogP contribution in [-0.2, 0) is 9.59 Å². The van der Waals surface area contributed by atoms with Gasteiger partial charge in [0, 0.05) is 23.5 Å². The molecule has 5 rings (SSSR count). The Morgan fingerprint density at radius 3 is 2.40 bits per heavy atom. The topological polar surface area (TPSA) is 66.4 Å². The van der Waals surface area contributed by atoms with Crippen molar-refractivity contribution in [2.75, 3.05) is 7.05 Å². The van der Waals surface area contributed by atoms with E-state index in [2.05, 4.69) is 52.1 Å². The van der Waals surface area contributed by atoms with Crippen molar-refractivity contribution >= 4 is 11.7 Å². The Morgan fingerprint density at radius 1 is 1.06 bits per heavy atom. The van der Waals surface area contributed by atoms with Crippen LogP contribution in [0.5, 0.6) is 0 Å². The maximum Gasteiger partial charge on any atom is 0.225 e. The molecule has 2 N–H and O–H groups in total. The van der Waals surface area contributed by atoms with Gasteiger partial charge in [-0.15, -0.1) is 0 Å². The van der Waals surface area contributed by atoms with Gasteiger partial charge in [0.25, 0.3) is 0 Å². The van der Waals surface area contributed by atoms with E-state index in [0.717, 1.165) is 56.1 Å². The lowest BCUT2D eigenvalue weighted by Gasteiger charge is -2.71. The summed E-state index contributed by atoms with van der Waals surface area (Å²) in [5.41, 5.74) is 4.14. The van der Waals surface area contributed by atoms with Crippen LogP contribution in [-0.4, -0.2) is 23.8 Å². The summed E-state index contributed by atoms with van der Waals surface area (Å²) in [6.07, 6.45) is 14.8. The maximum atomic E-state index is 13.0. The van der Waals surface area contributed by atoms with Gasteiger partial charge in [0.1, 0.15) is 0 Å². The molecule has 0 heterocycles. The summed E-state index contributed by atoms with van der Waals surface area (Å²) in [7, 11) is 1.78. The second-order valence-electron chi connectivity index (χ2n) is 13.3. The molecule has 0 aromatic carbocycles.